The van der Waals surface area contributed by atoms with Gasteiger partial charge in [0.25, 0.3) is 0 Å². The van der Waals surface area contributed by atoms with Crippen molar-refractivity contribution in [2.45, 2.75) is 77.3 Å². The van der Waals surface area contributed by atoms with E-state index in [0.29, 0.717) is 18.5 Å². The van der Waals surface area contributed by atoms with Gasteiger partial charge in [-0.1, -0.05) is 25.7 Å². The highest BCUT2D eigenvalue weighted by Gasteiger charge is 2.14. The average molecular weight is 306 g/mol. The van der Waals surface area contributed by atoms with Crippen LogP contribution in [0, 0.1) is 6.92 Å². The van der Waals surface area contributed by atoms with Gasteiger partial charge in [-0.15, -0.1) is 0 Å². The number of amides is 1. The highest BCUT2D eigenvalue weighted by molar-refractivity contribution is 5.76. The Morgan fingerprint density at radius 2 is 2.09 bits per heavy atom. The number of rotatable bonds is 7. The summed E-state index contributed by atoms with van der Waals surface area (Å²) < 4.78 is 0. The molecule has 1 unspecified atom stereocenters. The zero-order valence-corrected chi connectivity index (χ0v) is 14.0. The molecule has 3 N–H and O–H groups in total. The predicted octanol–water partition coefficient (Wildman–Crippen LogP) is 2.47. The Balaban J connectivity index is 1.59. The molecule has 1 aromatic rings. The number of aryl methyl sites for hydroxylation is 1. The van der Waals surface area contributed by atoms with Crippen LogP contribution in [-0.2, 0) is 11.2 Å². The Morgan fingerprint density at radius 3 is 2.73 bits per heavy atom. The van der Waals surface area contributed by atoms with E-state index in [1.807, 2.05) is 6.92 Å². The molecular formula is C17H30N4O. The van der Waals surface area contributed by atoms with Gasteiger partial charge in [-0.25, -0.2) is 0 Å². The Hall–Kier alpha value is -1.36. The second kappa shape index (κ2) is 8.93. The Bertz CT molecular complexity index is 449. The molecule has 1 atom stereocenters. The number of nitrogens with zero attached hydrogens (tertiary/aromatic N) is 1. The fourth-order valence-corrected chi connectivity index (χ4v) is 3.12. The number of aromatic nitrogens is 2. The van der Waals surface area contributed by atoms with E-state index >= 15 is 0 Å². The summed E-state index contributed by atoms with van der Waals surface area (Å²) in [5.41, 5.74) is 2.16. The van der Waals surface area contributed by atoms with Crippen LogP contribution in [0.15, 0.2) is 6.07 Å². The van der Waals surface area contributed by atoms with Crippen LogP contribution in [0.4, 0.5) is 0 Å². The van der Waals surface area contributed by atoms with Crippen LogP contribution in [-0.4, -0.2) is 34.7 Å². The first kappa shape index (κ1) is 17.0. The molecule has 22 heavy (non-hydrogen) atoms. The van der Waals surface area contributed by atoms with Crippen molar-refractivity contribution in [1.82, 2.24) is 20.8 Å². The minimum absolute atomic E-state index is 0.183. The summed E-state index contributed by atoms with van der Waals surface area (Å²) in [6.07, 6.45) is 8.88. The molecule has 1 aliphatic carbocycles. The van der Waals surface area contributed by atoms with Crippen molar-refractivity contribution in [2.75, 3.05) is 6.54 Å². The molecule has 1 aromatic heterocycles. The lowest BCUT2D eigenvalue weighted by Gasteiger charge is -2.17. The summed E-state index contributed by atoms with van der Waals surface area (Å²) in [7, 11) is 0. The molecule has 0 radical (unpaired) electrons. The van der Waals surface area contributed by atoms with Crippen molar-refractivity contribution in [3.63, 3.8) is 0 Å². The van der Waals surface area contributed by atoms with Crippen molar-refractivity contribution in [1.29, 1.82) is 0 Å². The van der Waals surface area contributed by atoms with Gasteiger partial charge < -0.3 is 10.6 Å². The Kier molecular flexibility index (Phi) is 6.90. The maximum absolute atomic E-state index is 12.0. The van der Waals surface area contributed by atoms with Crippen molar-refractivity contribution >= 4 is 5.91 Å². The number of hydrogen-bond acceptors (Lipinski definition) is 3. The predicted molar refractivity (Wildman–Crippen MR) is 88.7 cm³/mol. The van der Waals surface area contributed by atoms with E-state index in [1.54, 1.807) is 0 Å². The van der Waals surface area contributed by atoms with Crippen LogP contribution in [0.3, 0.4) is 0 Å². The van der Waals surface area contributed by atoms with Crippen LogP contribution < -0.4 is 10.6 Å². The molecule has 0 saturated heterocycles. The van der Waals surface area contributed by atoms with E-state index in [1.165, 1.54) is 25.7 Å². The first-order valence-electron chi connectivity index (χ1n) is 8.67. The zero-order valence-electron chi connectivity index (χ0n) is 14.0. The number of H-pyrrole nitrogens is 1. The first-order valence-corrected chi connectivity index (χ1v) is 8.67. The highest BCUT2D eigenvalue weighted by atomic mass is 16.1. The number of nitrogens with one attached hydrogen (secondary N) is 3. The third-order valence-electron chi connectivity index (χ3n) is 4.34. The summed E-state index contributed by atoms with van der Waals surface area (Å²) in [5.74, 6) is 0.183. The van der Waals surface area contributed by atoms with Gasteiger partial charge in [0.1, 0.15) is 0 Å². The fraction of sp³-hybridized carbons (Fsp3) is 0.765. The molecule has 0 aliphatic heterocycles. The minimum atomic E-state index is 0.183. The third kappa shape index (κ3) is 6.18. The first-order chi connectivity index (χ1) is 10.6. The summed E-state index contributed by atoms with van der Waals surface area (Å²) >= 11 is 0. The zero-order chi connectivity index (χ0) is 15.8. The normalized spacial score (nSPS) is 17.9. The number of aromatic amines is 1. The van der Waals surface area contributed by atoms with Crippen LogP contribution in [0.25, 0.3) is 0 Å². The molecule has 124 valence electrons. The van der Waals surface area contributed by atoms with Gasteiger partial charge in [-0.3, -0.25) is 9.89 Å². The van der Waals surface area contributed by atoms with E-state index in [2.05, 4.69) is 33.8 Å². The second-order valence-electron chi connectivity index (χ2n) is 6.61. The van der Waals surface area contributed by atoms with E-state index in [-0.39, 0.29) is 5.91 Å². The topological polar surface area (TPSA) is 69.8 Å². The van der Waals surface area contributed by atoms with E-state index in [0.717, 1.165) is 37.2 Å². The van der Waals surface area contributed by atoms with Gasteiger partial charge in [0, 0.05) is 37.2 Å². The summed E-state index contributed by atoms with van der Waals surface area (Å²) in [6, 6.07) is 2.80. The molecule has 1 saturated carbocycles. The summed E-state index contributed by atoms with van der Waals surface area (Å²) in [4.78, 5) is 12.0. The molecule has 1 aliphatic rings. The van der Waals surface area contributed by atoms with Gasteiger partial charge in [-0.2, -0.15) is 5.10 Å². The van der Waals surface area contributed by atoms with Crippen molar-refractivity contribution < 1.29 is 4.79 Å². The molecule has 1 fully saturated rings. The lowest BCUT2D eigenvalue weighted by molar-refractivity contribution is -0.121. The van der Waals surface area contributed by atoms with Gasteiger partial charge >= 0.3 is 0 Å². The molecule has 5 heteroatoms. The second-order valence-corrected chi connectivity index (χ2v) is 6.61. The summed E-state index contributed by atoms with van der Waals surface area (Å²) in [5, 5.41) is 13.8. The van der Waals surface area contributed by atoms with Gasteiger partial charge in [0.05, 0.1) is 5.69 Å². The van der Waals surface area contributed by atoms with Crippen molar-refractivity contribution in [3.05, 3.63) is 17.5 Å². The quantitative estimate of drug-likeness (QED) is 0.678. The van der Waals surface area contributed by atoms with Crippen molar-refractivity contribution in [2.24, 2.45) is 0 Å². The smallest absolute Gasteiger partial charge is 0.221 e. The molecule has 5 nitrogen and oxygen atoms in total. The molecule has 2 rings (SSSR count). The fourth-order valence-electron chi connectivity index (χ4n) is 3.12. The molecule has 0 aromatic carbocycles. The molecule has 0 spiro atoms. The lowest BCUT2D eigenvalue weighted by atomic mass is 10.1. The van der Waals surface area contributed by atoms with E-state index < -0.39 is 0 Å². The highest BCUT2D eigenvalue weighted by Crippen LogP contribution is 2.17. The van der Waals surface area contributed by atoms with E-state index in [9.17, 15) is 4.79 Å². The molecular weight excluding hydrogens is 276 g/mol. The third-order valence-corrected chi connectivity index (χ3v) is 4.34. The minimum Gasteiger partial charge on any atom is -0.353 e. The maximum Gasteiger partial charge on any atom is 0.221 e. The Morgan fingerprint density at radius 1 is 1.36 bits per heavy atom. The van der Waals surface area contributed by atoms with Crippen LogP contribution >= 0.6 is 0 Å². The SMILES string of the molecule is Cc1cc(CC(C)NCCC(=O)NC2CCCCCC2)n[nH]1. The number of hydrogen-bond donors (Lipinski definition) is 3. The van der Waals surface area contributed by atoms with Gasteiger partial charge in [0.2, 0.25) is 5.91 Å². The average Bonchev–Trinajstić information content (AvgIpc) is 2.72. The van der Waals surface area contributed by atoms with Crippen LogP contribution in [0.1, 0.15) is 63.3 Å². The maximum atomic E-state index is 12.0. The van der Waals surface area contributed by atoms with Crippen LogP contribution in [0.2, 0.25) is 0 Å². The molecule has 1 amide bonds. The standard InChI is InChI=1S/C17H30N4O/c1-13(11-16-12-14(2)20-21-16)18-10-9-17(22)19-15-7-5-3-4-6-8-15/h12-13,15,18H,3-11H2,1-2H3,(H,19,22)(H,20,21). The van der Waals surface area contributed by atoms with Crippen LogP contribution in [0.5, 0.6) is 0 Å². The Labute approximate surface area is 133 Å². The largest absolute Gasteiger partial charge is 0.353 e. The monoisotopic (exact) mass is 306 g/mol. The summed E-state index contributed by atoms with van der Waals surface area (Å²) in [6.45, 7) is 4.86. The molecule has 1 heterocycles. The molecule has 0 bridgehead atoms. The van der Waals surface area contributed by atoms with Gasteiger partial charge in [-0.05, 0) is 32.8 Å². The van der Waals surface area contributed by atoms with E-state index in [4.69, 9.17) is 0 Å². The van der Waals surface area contributed by atoms with Crippen molar-refractivity contribution in [3.8, 4) is 0 Å². The number of carbonyl (C=O) groups is 1. The number of carbonyl (C=O) groups excluding carboxylic acids is 1. The van der Waals surface area contributed by atoms with Gasteiger partial charge in [0.15, 0.2) is 0 Å². The lowest BCUT2D eigenvalue weighted by Crippen LogP contribution is -2.37.